The van der Waals surface area contributed by atoms with Crippen molar-refractivity contribution in [2.45, 2.75) is 32.7 Å². The van der Waals surface area contributed by atoms with Gasteiger partial charge >= 0.3 is 0 Å². The smallest absolute Gasteiger partial charge is 0.277 e. The molecular formula is C26H27N5O2S. The predicted molar refractivity (Wildman–Crippen MR) is 136 cm³/mol. The first-order chi connectivity index (χ1) is 16.5. The first-order valence-corrected chi connectivity index (χ1v) is 12.4. The minimum absolute atomic E-state index is 0.0156. The van der Waals surface area contributed by atoms with Crippen LogP contribution in [0.2, 0.25) is 0 Å². The third-order valence-electron chi connectivity index (χ3n) is 6.37. The highest BCUT2D eigenvalue weighted by atomic mass is 32.1. The van der Waals surface area contributed by atoms with Crippen LogP contribution in [-0.2, 0) is 4.79 Å². The summed E-state index contributed by atoms with van der Waals surface area (Å²) in [6, 6.07) is 13.5. The molecule has 0 saturated carbocycles. The molecule has 4 heterocycles. The molecule has 1 fully saturated rings. The number of fused-ring (bicyclic) bond motifs is 1. The summed E-state index contributed by atoms with van der Waals surface area (Å²) in [6.07, 6.45) is 5.16. The number of piperidine rings is 1. The van der Waals surface area contributed by atoms with Crippen molar-refractivity contribution in [1.82, 2.24) is 19.9 Å². The maximum Gasteiger partial charge on any atom is 0.277 e. The van der Waals surface area contributed by atoms with E-state index in [-0.39, 0.29) is 23.4 Å². The van der Waals surface area contributed by atoms with E-state index in [1.807, 2.05) is 61.7 Å². The molecule has 1 aromatic carbocycles. The highest BCUT2D eigenvalue weighted by molar-refractivity contribution is 7.17. The molecule has 1 aliphatic heterocycles. The molecule has 174 valence electrons. The van der Waals surface area contributed by atoms with Gasteiger partial charge in [-0.1, -0.05) is 23.8 Å². The van der Waals surface area contributed by atoms with E-state index in [1.54, 1.807) is 17.0 Å². The highest BCUT2D eigenvalue weighted by Crippen LogP contribution is 2.27. The van der Waals surface area contributed by atoms with E-state index in [2.05, 4.69) is 15.2 Å². The van der Waals surface area contributed by atoms with Crippen LogP contribution >= 0.6 is 11.3 Å². The molecular weight excluding hydrogens is 446 g/mol. The van der Waals surface area contributed by atoms with Gasteiger partial charge in [0.1, 0.15) is 4.70 Å². The third kappa shape index (κ3) is 4.33. The molecule has 0 aliphatic carbocycles. The maximum absolute atomic E-state index is 13.5. The fourth-order valence-corrected chi connectivity index (χ4v) is 5.22. The SMILES string of the molecule is Cc1ccc(-n2c(N3CCC[C@@H](C(=O)N[C@@H](C)c4cccnc4)C3)nc3ccsc3c2=O)cc1. The first-order valence-electron chi connectivity index (χ1n) is 11.5. The molecule has 0 unspecified atom stereocenters. The Morgan fingerprint density at radius 2 is 2.03 bits per heavy atom. The Morgan fingerprint density at radius 1 is 1.21 bits per heavy atom. The molecule has 7 nitrogen and oxygen atoms in total. The Morgan fingerprint density at radius 3 is 2.79 bits per heavy atom. The number of anilines is 1. The first kappa shape index (κ1) is 22.3. The molecule has 5 rings (SSSR count). The highest BCUT2D eigenvalue weighted by Gasteiger charge is 2.30. The number of rotatable bonds is 5. The summed E-state index contributed by atoms with van der Waals surface area (Å²) in [7, 11) is 0. The van der Waals surface area contributed by atoms with Crippen LogP contribution in [0.3, 0.4) is 0 Å². The summed E-state index contributed by atoms with van der Waals surface area (Å²) in [5.41, 5.74) is 3.51. The van der Waals surface area contributed by atoms with Gasteiger partial charge in [-0.2, -0.15) is 0 Å². The van der Waals surface area contributed by atoms with Crippen LogP contribution < -0.4 is 15.8 Å². The molecule has 0 radical (unpaired) electrons. The molecule has 2 atom stereocenters. The van der Waals surface area contributed by atoms with Crippen LogP contribution in [0.25, 0.3) is 15.9 Å². The number of hydrogen-bond acceptors (Lipinski definition) is 6. The van der Waals surface area contributed by atoms with Gasteiger partial charge in [-0.05, 0) is 61.9 Å². The number of nitrogens with zero attached hydrogens (tertiary/aromatic N) is 4. The van der Waals surface area contributed by atoms with Crippen molar-refractivity contribution in [2.24, 2.45) is 5.92 Å². The summed E-state index contributed by atoms with van der Waals surface area (Å²) >= 11 is 1.41. The minimum Gasteiger partial charge on any atom is -0.349 e. The van der Waals surface area contributed by atoms with Gasteiger partial charge in [-0.15, -0.1) is 11.3 Å². The standard InChI is InChI=1S/C26H27N5O2S/c1-17-7-9-21(10-8-17)31-25(33)23-22(11-14-34-23)29-26(31)30-13-4-6-20(16-30)24(32)28-18(2)19-5-3-12-27-15-19/h3,5,7-12,14-15,18,20H,4,6,13,16H2,1-2H3,(H,28,32)/t18-,20+/m0/s1. The number of hydrogen-bond donors (Lipinski definition) is 1. The quantitative estimate of drug-likeness (QED) is 0.469. The summed E-state index contributed by atoms with van der Waals surface area (Å²) < 4.78 is 2.33. The van der Waals surface area contributed by atoms with Gasteiger partial charge in [0.05, 0.1) is 23.2 Å². The maximum atomic E-state index is 13.5. The second kappa shape index (κ2) is 9.38. The number of pyridine rings is 1. The van der Waals surface area contributed by atoms with Gasteiger partial charge in [-0.25, -0.2) is 9.55 Å². The van der Waals surface area contributed by atoms with E-state index >= 15 is 0 Å². The van der Waals surface area contributed by atoms with Crippen molar-refractivity contribution in [1.29, 1.82) is 0 Å². The van der Waals surface area contributed by atoms with E-state index in [1.165, 1.54) is 11.3 Å². The zero-order valence-corrected chi connectivity index (χ0v) is 20.1. The molecule has 0 bridgehead atoms. The summed E-state index contributed by atoms with van der Waals surface area (Å²) in [4.78, 5) is 37.7. The molecule has 34 heavy (non-hydrogen) atoms. The van der Waals surface area contributed by atoms with Crippen molar-refractivity contribution in [3.63, 3.8) is 0 Å². The number of benzene rings is 1. The lowest BCUT2D eigenvalue weighted by atomic mass is 9.96. The van der Waals surface area contributed by atoms with E-state index in [0.29, 0.717) is 22.7 Å². The average molecular weight is 474 g/mol. The number of aryl methyl sites for hydroxylation is 1. The summed E-state index contributed by atoms with van der Waals surface area (Å²) in [6.45, 7) is 5.25. The van der Waals surface area contributed by atoms with Crippen molar-refractivity contribution >= 4 is 33.4 Å². The molecule has 1 amide bonds. The van der Waals surface area contributed by atoms with Crippen LogP contribution in [0.15, 0.2) is 65.0 Å². The Kier molecular flexibility index (Phi) is 6.15. The number of amides is 1. The van der Waals surface area contributed by atoms with E-state index in [4.69, 9.17) is 4.98 Å². The molecule has 4 aromatic rings. The second-order valence-corrected chi connectivity index (χ2v) is 9.74. The predicted octanol–water partition coefficient (Wildman–Crippen LogP) is 4.24. The summed E-state index contributed by atoms with van der Waals surface area (Å²) in [5, 5.41) is 5.03. The molecule has 8 heteroatoms. The fourth-order valence-electron chi connectivity index (χ4n) is 4.46. The number of carbonyl (C=O) groups is 1. The zero-order chi connectivity index (χ0) is 23.7. The van der Waals surface area contributed by atoms with Crippen molar-refractivity contribution in [2.75, 3.05) is 18.0 Å². The van der Waals surface area contributed by atoms with Crippen LogP contribution in [0.4, 0.5) is 5.95 Å². The Hall–Kier alpha value is -3.52. The molecule has 1 saturated heterocycles. The van der Waals surface area contributed by atoms with E-state index in [9.17, 15) is 9.59 Å². The van der Waals surface area contributed by atoms with Crippen LogP contribution in [0.1, 0.15) is 36.9 Å². The Bertz CT molecular complexity index is 1360. The van der Waals surface area contributed by atoms with Gasteiger partial charge in [0.25, 0.3) is 5.56 Å². The van der Waals surface area contributed by atoms with Crippen LogP contribution in [-0.4, -0.2) is 33.5 Å². The second-order valence-electron chi connectivity index (χ2n) is 8.82. The fraction of sp³-hybridized carbons (Fsp3) is 0.308. The Labute approximate surface area is 202 Å². The van der Waals surface area contributed by atoms with E-state index < -0.39 is 0 Å². The molecule has 1 N–H and O–H groups in total. The third-order valence-corrected chi connectivity index (χ3v) is 7.26. The van der Waals surface area contributed by atoms with Crippen molar-refractivity contribution in [3.8, 4) is 5.69 Å². The molecule has 3 aromatic heterocycles. The van der Waals surface area contributed by atoms with Gasteiger partial charge in [-0.3, -0.25) is 14.6 Å². The van der Waals surface area contributed by atoms with Gasteiger partial charge < -0.3 is 10.2 Å². The molecule has 1 aliphatic rings. The Balaban J connectivity index is 1.45. The average Bonchev–Trinajstić information content (AvgIpc) is 3.34. The molecule has 0 spiro atoms. The number of thiophene rings is 1. The normalized spacial score (nSPS) is 17.0. The van der Waals surface area contributed by atoms with Gasteiger partial charge in [0.15, 0.2) is 0 Å². The number of aromatic nitrogens is 3. The van der Waals surface area contributed by atoms with Gasteiger partial charge in [0, 0.05) is 25.5 Å². The van der Waals surface area contributed by atoms with Crippen molar-refractivity contribution in [3.05, 3.63) is 81.7 Å². The largest absolute Gasteiger partial charge is 0.349 e. The van der Waals surface area contributed by atoms with Gasteiger partial charge in [0.2, 0.25) is 11.9 Å². The monoisotopic (exact) mass is 473 g/mol. The van der Waals surface area contributed by atoms with Crippen LogP contribution in [0.5, 0.6) is 0 Å². The lowest BCUT2D eigenvalue weighted by molar-refractivity contribution is -0.125. The van der Waals surface area contributed by atoms with E-state index in [0.717, 1.165) is 36.2 Å². The van der Waals surface area contributed by atoms with Crippen LogP contribution in [0, 0.1) is 12.8 Å². The lowest BCUT2D eigenvalue weighted by Gasteiger charge is -2.34. The number of carbonyl (C=O) groups excluding carboxylic acids is 1. The zero-order valence-electron chi connectivity index (χ0n) is 19.3. The lowest BCUT2D eigenvalue weighted by Crippen LogP contribution is -2.45. The minimum atomic E-state index is -0.186. The topological polar surface area (TPSA) is 80.1 Å². The number of nitrogens with one attached hydrogen (secondary N) is 1. The summed E-state index contributed by atoms with van der Waals surface area (Å²) in [5.74, 6) is 0.425. The van der Waals surface area contributed by atoms with Crippen molar-refractivity contribution < 1.29 is 4.79 Å².